The van der Waals surface area contributed by atoms with Gasteiger partial charge in [-0.15, -0.1) is 0 Å². The number of carbonyl (C=O) groups excluding carboxylic acids is 1. The number of pyridine rings is 1. The van der Waals surface area contributed by atoms with Crippen LogP contribution in [-0.4, -0.2) is 44.5 Å². The molecule has 0 unspecified atom stereocenters. The van der Waals surface area contributed by atoms with E-state index >= 15 is 0 Å². The van der Waals surface area contributed by atoms with Crippen molar-refractivity contribution >= 4 is 16.8 Å². The zero-order valence-electron chi connectivity index (χ0n) is 15.0. The molecule has 150 valence electrons. The average molecular weight is 404 g/mol. The van der Waals surface area contributed by atoms with Crippen LogP contribution in [-0.2, 0) is 17.5 Å². The van der Waals surface area contributed by atoms with Crippen LogP contribution in [0.4, 0.5) is 13.2 Å². The molecule has 2 aromatic heterocycles. The van der Waals surface area contributed by atoms with Crippen LogP contribution < -0.4 is 10.3 Å². The molecule has 0 bridgehead atoms. The van der Waals surface area contributed by atoms with Crippen LogP contribution in [0.1, 0.15) is 5.56 Å². The average Bonchev–Trinajstić information content (AvgIpc) is 2.66. The number of fused-ring (bicyclic) bond motifs is 1. The molecule has 29 heavy (non-hydrogen) atoms. The number of nitrogens with zero attached hydrogens (tertiary/aromatic N) is 4. The van der Waals surface area contributed by atoms with Gasteiger partial charge in [0, 0.05) is 12.3 Å². The molecule has 3 heterocycles. The molecule has 1 aliphatic heterocycles. The Morgan fingerprint density at radius 3 is 2.59 bits per heavy atom. The van der Waals surface area contributed by atoms with Crippen LogP contribution in [0, 0.1) is 0 Å². The molecule has 10 heteroatoms. The summed E-state index contributed by atoms with van der Waals surface area (Å²) in [6.45, 7) is 0.372. The summed E-state index contributed by atoms with van der Waals surface area (Å²) >= 11 is 0. The van der Waals surface area contributed by atoms with Crippen molar-refractivity contribution in [3.63, 3.8) is 0 Å². The Balaban J connectivity index is 1.34. The molecular weight excluding hydrogens is 389 g/mol. The lowest BCUT2D eigenvalue weighted by atomic mass is 10.1. The van der Waals surface area contributed by atoms with Gasteiger partial charge < -0.3 is 9.64 Å². The third-order valence-corrected chi connectivity index (χ3v) is 4.59. The van der Waals surface area contributed by atoms with Gasteiger partial charge in [-0.05, 0) is 18.2 Å². The Morgan fingerprint density at radius 2 is 1.90 bits per heavy atom. The van der Waals surface area contributed by atoms with E-state index < -0.39 is 11.7 Å². The Morgan fingerprint density at radius 1 is 1.14 bits per heavy atom. The lowest BCUT2D eigenvalue weighted by molar-refractivity contribution is -0.141. The molecule has 1 fully saturated rings. The minimum Gasteiger partial charge on any atom is -0.471 e. The van der Waals surface area contributed by atoms with Crippen molar-refractivity contribution in [3.8, 4) is 5.88 Å². The van der Waals surface area contributed by atoms with Crippen LogP contribution in [0.25, 0.3) is 10.9 Å². The Hall–Kier alpha value is -3.43. The first-order chi connectivity index (χ1) is 13.8. The molecule has 0 atom stereocenters. The summed E-state index contributed by atoms with van der Waals surface area (Å²) in [6, 6.07) is 8.91. The molecule has 0 saturated carbocycles. The van der Waals surface area contributed by atoms with Gasteiger partial charge in [0.25, 0.3) is 5.56 Å². The molecule has 7 nitrogen and oxygen atoms in total. The molecule has 1 amide bonds. The number of hydrogen-bond donors (Lipinski definition) is 0. The Kier molecular flexibility index (Phi) is 4.69. The predicted molar refractivity (Wildman–Crippen MR) is 96.2 cm³/mol. The summed E-state index contributed by atoms with van der Waals surface area (Å²) in [5, 5.41) is 0.431. The number of carbonyl (C=O) groups is 1. The smallest absolute Gasteiger partial charge is 0.417 e. The zero-order valence-corrected chi connectivity index (χ0v) is 15.0. The van der Waals surface area contributed by atoms with Crippen molar-refractivity contribution in [3.05, 3.63) is 64.8 Å². The Bertz CT molecular complexity index is 1110. The van der Waals surface area contributed by atoms with Crippen LogP contribution in [0.5, 0.6) is 5.88 Å². The second-order valence-corrected chi connectivity index (χ2v) is 6.62. The van der Waals surface area contributed by atoms with Crippen molar-refractivity contribution in [2.45, 2.75) is 18.8 Å². The lowest BCUT2D eigenvalue weighted by Crippen LogP contribution is -2.57. The van der Waals surface area contributed by atoms with Gasteiger partial charge in [0.05, 0.1) is 35.9 Å². The van der Waals surface area contributed by atoms with E-state index in [0.29, 0.717) is 17.1 Å². The number of amides is 1. The standard InChI is InChI=1S/C19H15F3N4O3/c20-19(21,22)12-5-6-16(23-7-12)29-13-8-25(9-13)17(27)10-26-11-24-15-4-2-1-3-14(15)18(26)28/h1-7,11,13H,8-10H2. The first kappa shape index (κ1) is 18.9. The fraction of sp³-hybridized carbons (Fsp3) is 0.263. The van der Waals surface area contributed by atoms with Gasteiger partial charge >= 0.3 is 6.18 Å². The van der Waals surface area contributed by atoms with Crippen LogP contribution >= 0.6 is 0 Å². The van der Waals surface area contributed by atoms with E-state index in [2.05, 4.69) is 9.97 Å². The molecule has 4 rings (SSSR count). The fourth-order valence-corrected chi connectivity index (χ4v) is 2.97. The SMILES string of the molecule is O=C(Cn1cnc2ccccc2c1=O)N1CC(Oc2ccc(C(F)(F)F)cn2)C1. The number of halogens is 3. The highest BCUT2D eigenvalue weighted by Gasteiger charge is 2.34. The van der Waals surface area contributed by atoms with Crippen LogP contribution in [0.2, 0.25) is 0 Å². The molecule has 0 spiro atoms. The number of hydrogen-bond acceptors (Lipinski definition) is 5. The number of alkyl halides is 3. The van der Waals surface area contributed by atoms with Gasteiger partial charge in [0.15, 0.2) is 0 Å². The van der Waals surface area contributed by atoms with Gasteiger partial charge in [-0.25, -0.2) is 9.97 Å². The molecule has 1 aromatic carbocycles. The maximum atomic E-state index is 12.5. The zero-order chi connectivity index (χ0) is 20.6. The third-order valence-electron chi connectivity index (χ3n) is 4.59. The van der Waals surface area contributed by atoms with E-state index in [4.69, 9.17) is 4.74 Å². The maximum Gasteiger partial charge on any atom is 0.417 e. The van der Waals surface area contributed by atoms with E-state index in [1.807, 2.05) is 0 Å². The molecule has 1 saturated heterocycles. The topological polar surface area (TPSA) is 77.3 Å². The molecule has 0 aliphatic carbocycles. The van der Waals surface area contributed by atoms with Crippen LogP contribution in [0.3, 0.4) is 0 Å². The summed E-state index contributed by atoms with van der Waals surface area (Å²) in [4.78, 5) is 34.1. The van der Waals surface area contributed by atoms with Gasteiger partial charge in [0.1, 0.15) is 12.6 Å². The molecule has 3 aromatic rings. The predicted octanol–water partition coefficient (Wildman–Crippen LogP) is 2.10. The minimum absolute atomic E-state index is 0.0602. The summed E-state index contributed by atoms with van der Waals surface area (Å²) in [5.74, 6) is -0.213. The van der Waals surface area contributed by atoms with Gasteiger partial charge in [-0.2, -0.15) is 13.2 Å². The maximum absolute atomic E-state index is 12.5. The minimum atomic E-state index is -4.46. The largest absolute Gasteiger partial charge is 0.471 e. The van der Waals surface area contributed by atoms with Crippen LogP contribution in [0.15, 0.2) is 53.7 Å². The highest BCUT2D eigenvalue weighted by atomic mass is 19.4. The normalized spacial score (nSPS) is 14.7. The fourth-order valence-electron chi connectivity index (χ4n) is 2.97. The second-order valence-electron chi connectivity index (χ2n) is 6.62. The summed E-state index contributed by atoms with van der Waals surface area (Å²) < 4.78 is 44.3. The van der Waals surface area contributed by atoms with E-state index in [1.165, 1.54) is 15.8 Å². The van der Waals surface area contributed by atoms with E-state index in [1.54, 1.807) is 24.3 Å². The van der Waals surface area contributed by atoms with Gasteiger partial charge in [0.2, 0.25) is 11.8 Å². The monoisotopic (exact) mass is 404 g/mol. The molecule has 1 aliphatic rings. The number of rotatable bonds is 4. The summed E-state index contributed by atoms with van der Waals surface area (Å²) in [7, 11) is 0. The van der Waals surface area contributed by atoms with Crippen molar-refractivity contribution in [2.24, 2.45) is 0 Å². The number of aromatic nitrogens is 3. The highest BCUT2D eigenvalue weighted by Crippen LogP contribution is 2.29. The first-order valence-electron chi connectivity index (χ1n) is 8.73. The summed E-state index contributed by atoms with van der Waals surface area (Å²) in [5.41, 5.74) is -0.599. The Labute approximate surface area is 162 Å². The summed E-state index contributed by atoms with van der Waals surface area (Å²) in [6.07, 6.45) is -2.78. The van der Waals surface area contributed by atoms with Crippen molar-refractivity contribution < 1.29 is 22.7 Å². The number of benzene rings is 1. The second kappa shape index (κ2) is 7.19. The van der Waals surface area contributed by atoms with Gasteiger partial charge in [-0.3, -0.25) is 14.2 Å². The van der Waals surface area contributed by atoms with E-state index in [0.717, 1.165) is 12.1 Å². The molecule has 0 N–H and O–H groups in total. The molecule has 0 radical (unpaired) electrons. The van der Waals surface area contributed by atoms with Gasteiger partial charge in [-0.1, -0.05) is 12.1 Å². The molecular formula is C19H15F3N4O3. The number of para-hydroxylation sites is 1. The third kappa shape index (κ3) is 3.91. The van der Waals surface area contributed by atoms with E-state index in [-0.39, 0.29) is 43.1 Å². The lowest BCUT2D eigenvalue weighted by Gasteiger charge is -2.38. The van der Waals surface area contributed by atoms with E-state index in [9.17, 15) is 22.8 Å². The number of likely N-dealkylation sites (tertiary alicyclic amines) is 1. The van der Waals surface area contributed by atoms with Crippen molar-refractivity contribution in [1.82, 2.24) is 19.4 Å². The quantitative estimate of drug-likeness (QED) is 0.666. The van der Waals surface area contributed by atoms with Crippen molar-refractivity contribution in [1.29, 1.82) is 0 Å². The highest BCUT2D eigenvalue weighted by molar-refractivity contribution is 5.79. The number of ether oxygens (including phenoxy) is 1. The van der Waals surface area contributed by atoms with Crippen molar-refractivity contribution in [2.75, 3.05) is 13.1 Å². The first-order valence-corrected chi connectivity index (χ1v) is 8.73.